The van der Waals surface area contributed by atoms with Gasteiger partial charge in [0, 0.05) is 5.70 Å². The molecule has 12 heavy (non-hydrogen) atoms. The Morgan fingerprint density at radius 2 is 2.00 bits per heavy atom. The van der Waals surface area contributed by atoms with Crippen molar-refractivity contribution in [2.45, 2.75) is 0 Å². The van der Waals surface area contributed by atoms with E-state index in [1.165, 1.54) is 24.3 Å². The molecule has 0 heterocycles. The first-order chi connectivity index (χ1) is 5.57. The van der Waals surface area contributed by atoms with Crippen LogP contribution in [0, 0.1) is 0 Å². The maximum Gasteiger partial charge on any atom is 0.335 e. The molecule has 3 nitrogen and oxygen atoms in total. The number of hydrogen-bond acceptors (Lipinski definition) is 2. The van der Waals surface area contributed by atoms with E-state index in [9.17, 15) is 4.79 Å². The molecule has 0 radical (unpaired) electrons. The molecule has 0 bridgehead atoms. The lowest BCUT2D eigenvalue weighted by Crippen LogP contribution is -1.98. The summed E-state index contributed by atoms with van der Waals surface area (Å²) >= 11 is 0. The van der Waals surface area contributed by atoms with Crippen molar-refractivity contribution in [2.24, 2.45) is 5.73 Å². The number of nitrogens with two attached hydrogens (primary N) is 1. The van der Waals surface area contributed by atoms with Gasteiger partial charge in [-0.3, -0.25) is 0 Å². The molecule has 0 aliphatic carbocycles. The molecule has 0 aliphatic rings. The van der Waals surface area contributed by atoms with Crippen LogP contribution in [-0.2, 0) is 4.79 Å². The highest BCUT2D eigenvalue weighted by molar-refractivity contribution is 5.90. The van der Waals surface area contributed by atoms with Gasteiger partial charge in [-0.2, -0.15) is 0 Å². The molecular formula is C9H11NO2. The van der Waals surface area contributed by atoms with Crippen LogP contribution in [0.1, 0.15) is 0 Å². The van der Waals surface area contributed by atoms with Gasteiger partial charge in [-0.15, -0.1) is 0 Å². The number of carboxylic acid groups (broad SMARTS) is 1. The summed E-state index contributed by atoms with van der Waals surface area (Å²) in [4.78, 5) is 10.5. The summed E-state index contributed by atoms with van der Waals surface area (Å²) in [5, 5.41) is 8.58. The van der Waals surface area contributed by atoms with E-state index in [0.717, 1.165) is 0 Å². The molecule has 0 atom stereocenters. The Labute approximate surface area is 71.2 Å². The highest BCUT2D eigenvalue weighted by Crippen LogP contribution is 1.98. The second kappa shape index (κ2) is 4.96. The van der Waals surface area contributed by atoms with Gasteiger partial charge >= 0.3 is 5.97 Å². The van der Waals surface area contributed by atoms with Crippen molar-refractivity contribution in [3.05, 3.63) is 48.7 Å². The van der Waals surface area contributed by atoms with E-state index >= 15 is 0 Å². The van der Waals surface area contributed by atoms with E-state index in [1.807, 2.05) is 0 Å². The fourth-order valence-corrected chi connectivity index (χ4v) is 0.522. The molecule has 0 unspecified atom stereocenters. The third-order valence-corrected chi connectivity index (χ3v) is 1.02. The van der Waals surface area contributed by atoms with Crippen molar-refractivity contribution in [1.82, 2.24) is 0 Å². The molecule has 3 heteroatoms. The standard InChI is InChI=1S/C9H11NO2/c1-3-4-8(9(11)12)6-5-7(2)10/h3-6H,1-2,10H2,(H,11,12)/b6-5-,8-4+. The Hall–Kier alpha value is -1.77. The summed E-state index contributed by atoms with van der Waals surface area (Å²) in [5.74, 6) is -1.02. The maximum atomic E-state index is 10.5. The van der Waals surface area contributed by atoms with Gasteiger partial charge in [0.25, 0.3) is 0 Å². The Morgan fingerprint density at radius 1 is 1.42 bits per heavy atom. The summed E-state index contributed by atoms with van der Waals surface area (Å²) in [6.45, 7) is 6.77. The topological polar surface area (TPSA) is 63.3 Å². The zero-order valence-corrected chi connectivity index (χ0v) is 6.66. The van der Waals surface area contributed by atoms with E-state index in [0.29, 0.717) is 5.70 Å². The van der Waals surface area contributed by atoms with E-state index in [4.69, 9.17) is 10.8 Å². The van der Waals surface area contributed by atoms with Crippen molar-refractivity contribution >= 4 is 5.97 Å². The molecule has 0 aromatic rings. The lowest BCUT2D eigenvalue weighted by Gasteiger charge is -1.91. The Morgan fingerprint density at radius 3 is 2.33 bits per heavy atom. The third kappa shape index (κ3) is 4.11. The smallest absolute Gasteiger partial charge is 0.335 e. The predicted octanol–water partition coefficient (Wildman–Crippen LogP) is 1.21. The second-order valence-electron chi connectivity index (χ2n) is 2.07. The normalized spacial score (nSPS) is 11.5. The van der Waals surface area contributed by atoms with Crippen LogP contribution in [0.25, 0.3) is 0 Å². The Balaban J connectivity index is 4.55. The summed E-state index contributed by atoms with van der Waals surface area (Å²) < 4.78 is 0. The Bertz CT molecular complexity index is 262. The van der Waals surface area contributed by atoms with Gasteiger partial charge in [0.15, 0.2) is 0 Å². The van der Waals surface area contributed by atoms with Gasteiger partial charge in [0.2, 0.25) is 0 Å². The van der Waals surface area contributed by atoms with Crippen LogP contribution >= 0.6 is 0 Å². The van der Waals surface area contributed by atoms with Gasteiger partial charge in [-0.25, -0.2) is 4.79 Å². The van der Waals surface area contributed by atoms with E-state index in [2.05, 4.69) is 13.2 Å². The summed E-state index contributed by atoms with van der Waals surface area (Å²) in [5.41, 5.74) is 5.64. The molecule has 0 saturated carbocycles. The number of carbonyl (C=O) groups is 1. The van der Waals surface area contributed by atoms with Crippen LogP contribution in [0.15, 0.2) is 48.7 Å². The lowest BCUT2D eigenvalue weighted by atomic mass is 10.2. The van der Waals surface area contributed by atoms with Gasteiger partial charge in [0.05, 0.1) is 5.57 Å². The fraction of sp³-hybridized carbons (Fsp3) is 0. The van der Waals surface area contributed by atoms with Crippen molar-refractivity contribution in [3.8, 4) is 0 Å². The average Bonchev–Trinajstić information content (AvgIpc) is 1.96. The molecule has 0 rings (SSSR count). The van der Waals surface area contributed by atoms with Gasteiger partial charge in [0.1, 0.15) is 0 Å². The molecule has 0 fully saturated rings. The molecule has 0 aromatic heterocycles. The van der Waals surface area contributed by atoms with Crippen molar-refractivity contribution in [3.63, 3.8) is 0 Å². The zero-order valence-electron chi connectivity index (χ0n) is 6.66. The number of rotatable bonds is 4. The van der Waals surface area contributed by atoms with Crippen LogP contribution in [0.4, 0.5) is 0 Å². The van der Waals surface area contributed by atoms with E-state index in [-0.39, 0.29) is 5.57 Å². The second-order valence-corrected chi connectivity index (χ2v) is 2.07. The van der Waals surface area contributed by atoms with E-state index in [1.54, 1.807) is 0 Å². The molecule has 0 aromatic carbocycles. The minimum Gasteiger partial charge on any atom is -0.478 e. The summed E-state index contributed by atoms with van der Waals surface area (Å²) in [6.07, 6.45) is 5.56. The molecule has 0 amide bonds. The maximum absolute atomic E-state index is 10.5. The SMILES string of the molecule is C=C/C=C(\C=C/C(=C)N)C(=O)O. The largest absolute Gasteiger partial charge is 0.478 e. The molecule has 0 aliphatic heterocycles. The minimum atomic E-state index is -1.02. The summed E-state index contributed by atoms with van der Waals surface area (Å²) in [6, 6.07) is 0. The first-order valence-corrected chi connectivity index (χ1v) is 3.26. The molecular weight excluding hydrogens is 154 g/mol. The Kier molecular flexibility index (Phi) is 4.23. The van der Waals surface area contributed by atoms with Crippen LogP contribution in [0.2, 0.25) is 0 Å². The molecule has 3 N–H and O–H groups in total. The molecule has 64 valence electrons. The van der Waals surface area contributed by atoms with Crippen molar-refractivity contribution < 1.29 is 9.90 Å². The number of carboxylic acids is 1. The monoisotopic (exact) mass is 165 g/mol. The first-order valence-electron chi connectivity index (χ1n) is 3.26. The van der Waals surface area contributed by atoms with Crippen LogP contribution in [0.3, 0.4) is 0 Å². The quantitative estimate of drug-likeness (QED) is 0.486. The first kappa shape index (κ1) is 10.2. The number of aliphatic carboxylic acids is 1. The van der Waals surface area contributed by atoms with Crippen LogP contribution in [-0.4, -0.2) is 11.1 Å². The van der Waals surface area contributed by atoms with Crippen LogP contribution < -0.4 is 5.73 Å². The zero-order chi connectivity index (χ0) is 9.56. The highest BCUT2D eigenvalue weighted by Gasteiger charge is 1.99. The fourth-order valence-electron chi connectivity index (χ4n) is 0.522. The highest BCUT2D eigenvalue weighted by atomic mass is 16.4. The average molecular weight is 165 g/mol. The predicted molar refractivity (Wildman–Crippen MR) is 48.4 cm³/mol. The third-order valence-electron chi connectivity index (χ3n) is 1.02. The minimum absolute atomic E-state index is 0.122. The lowest BCUT2D eigenvalue weighted by molar-refractivity contribution is -0.132. The molecule has 0 spiro atoms. The summed E-state index contributed by atoms with van der Waals surface area (Å²) in [7, 11) is 0. The molecule has 0 saturated heterocycles. The van der Waals surface area contributed by atoms with Crippen LogP contribution in [0.5, 0.6) is 0 Å². The van der Waals surface area contributed by atoms with E-state index < -0.39 is 5.97 Å². The number of allylic oxidation sites excluding steroid dienone is 3. The van der Waals surface area contributed by atoms with Gasteiger partial charge < -0.3 is 10.8 Å². The van der Waals surface area contributed by atoms with Gasteiger partial charge in [-0.1, -0.05) is 19.2 Å². The van der Waals surface area contributed by atoms with Crippen molar-refractivity contribution in [2.75, 3.05) is 0 Å². The van der Waals surface area contributed by atoms with Crippen molar-refractivity contribution in [1.29, 1.82) is 0 Å². The van der Waals surface area contributed by atoms with Gasteiger partial charge in [-0.05, 0) is 18.2 Å². The number of hydrogen-bond donors (Lipinski definition) is 2.